The Labute approximate surface area is 293 Å². The molecular formula is C40H32N2O9. The number of para-hydroxylation sites is 2. The van der Waals surface area contributed by atoms with Crippen LogP contribution in [0.15, 0.2) is 133 Å². The van der Waals surface area contributed by atoms with Gasteiger partial charge in [0.05, 0.1) is 14.2 Å². The molecule has 0 unspecified atom stereocenters. The molecule has 4 N–H and O–H groups in total. The molecule has 11 heteroatoms. The van der Waals surface area contributed by atoms with Crippen LogP contribution in [0.4, 0.5) is 21.0 Å². The first-order valence-corrected chi connectivity index (χ1v) is 15.6. The number of anilines is 2. The first-order valence-electron chi connectivity index (χ1n) is 15.6. The molecule has 6 aromatic carbocycles. The van der Waals surface area contributed by atoms with E-state index in [0.29, 0.717) is 45.1 Å². The average Bonchev–Trinajstić information content (AvgIpc) is 3.14. The largest absolute Gasteiger partial charge is 0.507 e. The van der Waals surface area contributed by atoms with Crippen molar-refractivity contribution in [3.05, 3.63) is 133 Å². The Morgan fingerprint density at radius 2 is 0.882 bits per heavy atom. The van der Waals surface area contributed by atoms with E-state index in [9.17, 15) is 19.8 Å². The topological polar surface area (TPSA) is 145 Å². The third kappa shape index (κ3) is 8.30. The fraction of sp³-hybridized carbons (Fsp3) is 0.0500. The molecule has 6 aromatic rings. The number of amides is 2. The van der Waals surface area contributed by atoms with Crippen molar-refractivity contribution in [2.75, 3.05) is 24.9 Å². The van der Waals surface area contributed by atoms with Gasteiger partial charge in [-0.25, -0.2) is 9.59 Å². The number of benzene rings is 6. The summed E-state index contributed by atoms with van der Waals surface area (Å²) in [6.07, 6.45) is -1.63. The number of phenolic OH excluding ortho intramolecular Hbond substituents is 2. The molecule has 0 saturated carbocycles. The average molecular weight is 685 g/mol. The molecule has 6 rings (SSSR count). The number of carbonyl (C=O) groups is 2. The van der Waals surface area contributed by atoms with Gasteiger partial charge in [-0.2, -0.15) is 0 Å². The van der Waals surface area contributed by atoms with Crippen LogP contribution in [0.3, 0.4) is 0 Å². The molecule has 0 aromatic heterocycles. The zero-order chi connectivity index (χ0) is 35.7. The second kappa shape index (κ2) is 15.4. The molecule has 0 aliphatic heterocycles. The first-order chi connectivity index (χ1) is 24.8. The number of hydrogen-bond acceptors (Lipinski definition) is 9. The van der Waals surface area contributed by atoms with Gasteiger partial charge in [0.2, 0.25) is 0 Å². The van der Waals surface area contributed by atoms with E-state index in [-0.39, 0.29) is 34.5 Å². The zero-order valence-electron chi connectivity index (χ0n) is 27.5. The number of nitrogens with one attached hydrogen (secondary N) is 2. The molecule has 0 atom stereocenters. The van der Waals surface area contributed by atoms with E-state index in [1.807, 2.05) is 0 Å². The van der Waals surface area contributed by atoms with Crippen LogP contribution in [-0.4, -0.2) is 36.6 Å². The highest BCUT2D eigenvalue weighted by Crippen LogP contribution is 2.42. The van der Waals surface area contributed by atoms with E-state index in [4.69, 9.17) is 23.7 Å². The standard InChI is InChI=1S/C40H32N2O9/c1-47-29-17-13-27(14-18-29)41-39(45)50-37-23-25(31-7-3-5-9-33(31)43)11-21-35(37)49-36-22-12-26(32-8-4-6-10-34(32)44)24-38(36)51-40(46)42-28-15-19-30(48-2)20-16-28/h3-24,43-44H,1-2H3,(H,41,45)(H,42,46). The molecule has 0 spiro atoms. The second-order valence-electron chi connectivity index (χ2n) is 10.9. The molecular weight excluding hydrogens is 652 g/mol. The lowest BCUT2D eigenvalue weighted by atomic mass is 10.0. The monoisotopic (exact) mass is 684 g/mol. The Morgan fingerprint density at radius 3 is 1.25 bits per heavy atom. The zero-order valence-corrected chi connectivity index (χ0v) is 27.5. The first kappa shape index (κ1) is 33.7. The fourth-order valence-electron chi connectivity index (χ4n) is 5.07. The molecule has 0 fully saturated rings. The van der Waals surface area contributed by atoms with Crippen LogP contribution >= 0.6 is 0 Å². The number of aromatic hydroxyl groups is 2. The summed E-state index contributed by atoms with van der Waals surface area (Å²) in [6, 6.07) is 36.4. The summed E-state index contributed by atoms with van der Waals surface area (Å²) in [4.78, 5) is 26.3. The van der Waals surface area contributed by atoms with Gasteiger partial charge in [-0.15, -0.1) is 0 Å². The molecule has 0 aliphatic rings. The molecule has 0 bridgehead atoms. The maximum absolute atomic E-state index is 13.1. The number of phenols is 2. The Hall–Kier alpha value is -7.14. The van der Waals surface area contributed by atoms with Crippen molar-refractivity contribution in [1.82, 2.24) is 0 Å². The third-order valence-electron chi connectivity index (χ3n) is 7.62. The van der Waals surface area contributed by atoms with Crippen LogP contribution in [0.2, 0.25) is 0 Å². The summed E-state index contributed by atoms with van der Waals surface area (Å²) in [7, 11) is 3.08. The van der Waals surface area contributed by atoms with Crippen molar-refractivity contribution in [1.29, 1.82) is 0 Å². The van der Waals surface area contributed by atoms with Gasteiger partial charge in [0.25, 0.3) is 0 Å². The Morgan fingerprint density at radius 1 is 0.490 bits per heavy atom. The van der Waals surface area contributed by atoms with E-state index >= 15 is 0 Å². The molecule has 51 heavy (non-hydrogen) atoms. The number of methoxy groups -OCH3 is 2. The van der Waals surface area contributed by atoms with Crippen molar-refractivity contribution >= 4 is 23.6 Å². The summed E-state index contributed by atoms with van der Waals surface area (Å²) >= 11 is 0. The van der Waals surface area contributed by atoms with Crippen LogP contribution < -0.4 is 34.3 Å². The normalized spacial score (nSPS) is 10.5. The van der Waals surface area contributed by atoms with Gasteiger partial charge in [0.15, 0.2) is 23.0 Å². The fourth-order valence-corrected chi connectivity index (χ4v) is 5.07. The van der Waals surface area contributed by atoms with E-state index < -0.39 is 12.2 Å². The molecule has 11 nitrogen and oxygen atoms in total. The lowest BCUT2D eigenvalue weighted by Crippen LogP contribution is -2.17. The van der Waals surface area contributed by atoms with E-state index in [0.717, 1.165) is 0 Å². The Bertz CT molecular complexity index is 2010. The van der Waals surface area contributed by atoms with Gasteiger partial charge in [-0.3, -0.25) is 10.6 Å². The number of carbonyl (C=O) groups excluding carboxylic acids is 2. The van der Waals surface area contributed by atoms with Crippen LogP contribution in [0.25, 0.3) is 22.3 Å². The lowest BCUT2D eigenvalue weighted by Gasteiger charge is -2.17. The van der Waals surface area contributed by atoms with Crippen LogP contribution in [0.5, 0.6) is 46.0 Å². The Kier molecular flexibility index (Phi) is 10.2. The summed E-state index contributed by atoms with van der Waals surface area (Å²) < 4.78 is 28.2. The predicted molar refractivity (Wildman–Crippen MR) is 192 cm³/mol. The second-order valence-corrected chi connectivity index (χ2v) is 10.9. The minimum Gasteiger partial charge on any atom is -0.507 e. The minimum absolute atomic E-state index is 0.000166. The van der Waals surface area contributed by atoms with E-state index in [2.05, 4.69) is 10.6 Å². The van der Waals surface area contributed by atoms with Gasteiger partial charge < -0.3 is 33.9 Å². The molecule has 2 amide bonds. The van der Waals surface area contributed by atoms with E-state index in [1.54, 1.807) is 148 Å². The van der Waals surface area contributed by atoms with Gasteiger partial charge in [-0.05, 0) is 96.1 Å². The summed E-state index contributed by atoms with van der Waals surface area (Å²) in [5.41, 5.74) is 2.99. The summed E-state index contributed by atoms with van der Waals surface area (Å²) in [5.74, 6) is 1.47. The highest BCUT2D eigenvalue weighted by atomic mass is 16.6. The Balaban J connectivity index is 1.34. The summed E-state index contributed by atoms with van der Waals surface area (Å²) in [6.45, 7) is 0. The van der Waals surface area contributed by atoms with Crippen molar-refractivity contribution < 1.29 is 43.5 Å². The van der Waals surface area contributed by atoms with Crippen molar-refractivity contribution in [2.24, 2.45) is 0 Å². The van der Waals surface area contributed by atoms with Crippen LogP contribution in [0.1, 0.15) is 0 Å². The summed E-state index contributed by atoms with van der Waals surface area (Å²) in [5, 5.41) is 26.4. The number of rotatable bonds is 10. The highest BCUT2D eigenvalue weighted by molar-refractivity contribution is 5.88. The van der Waals surface area contributed by atoms with Crippen molar-refractivity contribution in [2.45, 2.75) is 0 Å². The van der Waals surface area contributed by atoms with Crippen molar-refractivity contribution in [3.8, 4) is 68.2 Å². The predicted octanol–water partition coefficient (Wildman–Crippen LogP) is 9.46. The third-order valence-corrected chi connectivity index (χ3v) is 7.62. The smallest absolute Gasteiger partial charge is 0.417 e. The van der Waals surface area contributed by atoms with Crippen molar-refractivity contribution in [3.63, 3.8) is 0 Å². The minimum atomic E-state index is -0.815. The molecule has 256 valence electrons. The van der Waals surface area contributed by atoms with Gasteiger partial charge >= 0.3 is 12.2 Å². The number of hydrogen-bond donors (Lipinski definition) is 4. The maximum atomic E-state index is 13.1. The van der Waals surface area contributed by atoms with Gasteiger partial charge in [0, 0.05) is 22.5 Å². The van der Waals surface area contributed by atoms with Gasteiger partial charge in [-0.1, -0.05) is 48.5 Å². The SMILES string of the molecule is COc1ccc(NC(=O)Oc2cc(-c3ccccc3O)ccc2Oc2ccc(-c3ccccc3O)cc2OC(=O)Nc2ccc(OC)cc2)cc1. The molecule has 0 aliphatic carbocycles. The van der Waals surface area contributed by atoms with E-state index in [1.165, 1.54) is 0 Å². The lowest BCUT2D eigenvalue weighted by molar-refractivity contribution is 0.212. The molecule has 0 saturated heterocycles. The van der Waals surface area contributed by atoms with Crippen LogP contribution in [0, 0.1) is 0 Å². The van der Waals surface area contributed by atoms with Crippen LogP contribution in [-0.2, 0) is 0 Å². The maximum Gasteiger partial charge on any atom is 0.417 e. The molecule has 0 radical (unpaired) electrons. The van der Waals surface area contributed by atoms with Gasteiger partial charge in [0.1, 0.15) is 23.0 Å². The quantitative estimate of drug-likeness (QED) is 0.111. The molecule has 0 heterocycles. The number of ether oxygens (including phenoxy) is 5. The highest BCUT2D eigenvalue weighted by Gasteiger charge is 2.19.